The highest BCUT2D eigenvalue weighted by atomic mass is 32.1. The summed E-state index contributed by atoms with van der Waals surface area (Å²) >= 11 is 1.54. The number of methoxy groups -OCH3 is 2. The van der Waals surface area contributed by atoms with Gasteiger partial charge in [0.25, 0.3) is 5.56 Å². The van der Waals surface area contributed by atoms with E-state index in [9.17, 15) is 9.59 Å². The summed E-state index contributed by atoms with van der Waals surface area (Å²) < 4.78 is 12.1. The Morgan fingerprint density at radius 3 is 2.74 bits per heavy atom. The molecule has 0 atom stereocenters. The van der Waals surface area contributed by atoms with E-state index in [0.717, 1.165) is 47.4 Å². The second-order valence-electron chi connectivity index (χ2n) is 8.24. The Kier molecular flexibility index (Phi) is 6.37. The molecule has 1 amide bonds. The van der Waals surface area contributed by atoms with Crippen molar-refractivity contribution in [3.63, 3.8) is 0 Å². The van der Waals surface area contributed by atoms with Crippen LogP contribution in [0, 0.1) is 0 Å². The van der Waals surface area contributed by atoms with Gasteiger partial charge in [0.05, 0.1) is 31.2 Å². The minimum Gasteiger partial charge on any atom is -0.493 e. The molecule has 35 heavy (non-hydrogen) atoms. The van der Waals surface area contributed by atoms with E-state index < -0.39 is 0 Å². The lowest BCUT2D eigenvalue weighted by molar-refractivity contribution is -0.115. The maximum atomic E-state index is 13.0. The molecule has 1 aromatic carbocycles. The predicted molar refractivity (Wildman–Crippen MR) is 134 cm³/mol. The standard InChI is InChI=1S/C25H25N5O4S/c1-33-19-10-9-15(12-20(19)34-2)13-23(31)27-22-14-18(21-8-5-11-35-21)29-30(22)25-26-17-7-4-3-6-16(17)24(32)28-25/h5,8-12,14H,3-4,6-7,13H2,1-2H3,(H,27,31)(H,26,28,32). The Morgan fingerprint density at radius 1 is 1.14 bits per heavy atom. The summed E-state index contributed by atoms with van der Waals surface area (Å²) in [6.45, 7) is 0. The third-order valence-corrected chi connectivity index (χ3v) is 6.84. The highest BCUT2D eigenvalue weighted by Crippen LogP contribution is 2.29. The Bertz CT molecular complexity index is 1420. The first-order valence-electron chi connectivity index (χ1n) is 11.3. The van der Waals surface area contributed by atoms with Crippen molar-refractivity contribution in [2.45, 2.75) is 32.1 Å². The number of anilines is 1. The van der Waals surface area contributed by atoms with Gasteiger partial charge in [-0.05, 0) is 54.8 Å². The van der Waals surface area contributed by atoms with Gasteiger partial charge in [0.2, 0.25) is 11.9 Å². The van der Waals surface area contributed by atoms with Gasteiger partial charge in [0.1, 0.15) is 11.5 Å². The number of rotatable bonds is 7. The number of H-pyrrole nitrogens is 1. The molecular weight excluding hydrogens is 466 g/mol. The Labute approximate surface area is 205 Å². The smallest absolute Gasteiger partial charge is 0.255 e. The number of benzene rings is 1. The van der Waals surface area contributed by atoms with Crippen LogP contribution in [0.15, 0.2) is 46.6 Å². The van der Waals surface area contributed by atoms with Crippen LogP contribution < -0.4 is 20.3 Å². The molecule has 9 nitrogen and oxygen atoms in total. The van der Waals surface area contributed by atoms with Crippen molar-refractivity contribution in [3.8, 4) is 28.0 Å². The Balaban J connectivity index is 1.47. The second-order valence-corrected chi connectivity index (χ2v) is 9.19. The third kappa shape index (κ3) is 4.69. The number of nitrogens with zero attached hydrogens (tertiary/aromatic N) is 3. The van der Waals surface area contributed by atoms with E-state index in [2.05, 4.69) is 15.4 Å². The van der Waals surface area contributed by atoms with Gasteiger partial charge < -0.3 is 14.8 Å². The zero-order valence-corrected chi connectivity index (χ0v) is 20.3. The van der Waals surface area contributed by atoms with Gasteiger partial charge in [-0.25, -0.2) is 4.98 Å². The summed E-state index contributed by atoms with van der Waals surface area (Å²) in [5.74, 6) is 1.63. The average molecular weight is 492 g/mol. The maximum Gasteiger partial charge on any atom is 0.255 e. The van der Waals surface area contributed by atoms with E-state index in [-0.39, 0.29) is 17.9 Å². The molecule has 180 valence electrons. The van der Waals surface area contributed by atoms with Gasteiger partial charge in [-0.2, -0.15) is 9.78 Å². The lowest BCUT2D eigenvalue weighted by atomic mass is 9.97. The minimum atomic E-state index is -0.239. The lowest BCUT2D eigenvalue weighted by Gasteiger charge is -2.15. The van der Waals surface area contributed by atoms with Crippen LogP contribution in [0.2, 0.25) is 0 Å². The highest BCUT2D eigenvalue weighted by molar-refractivity contribution is 7.13. The van der Waals surface area contributed by atoms with Gasteiger partial charge >= 0.3 is 0 Å². The van der Waals surface area contributed by atoms with E-state index in [1.807, 2.05) is 23.6 Å². The van der Waals surface area contributed by atoms with Crippen molar-refractivity contribution < 1.29 is 14.3 Å². The number of carbonyl (C=O) groups is 1. The number of hydrogen-bond donors (Lipinski definition) is 2. The molecule has 3 aromatic heterocycles. The topological polar surface area (TPSA) is 111 Å². The largest absolute Gasteiger partial charge is 0.493 e. The van der Waals surface area contributed by atoms with Gasteiger partial charge in [-0.1, -0.05) is 12.1 Å². The van der Waals surface area contributed by atoms with Gasteiger partial charge in [-0.15, -0.1) is 11.3 Å². The van der Waals surface area contributed by atoms with Crippen molar-refractivity contribution in [1.82, 2.24) is 19.7 Å². The molecule has 3 heterocycles. The van der Waals surface area contributed by atoms with E-state index >= 15 is 0 Å². The number of thiophene rings is 1. The van der Waals surface area contributed by atoms with Crippen LogP contribution in [-0.4, -0.2) is 39.9 Å². The Morgan fingerprint density at radius 2 is 1.97 bits per heavy atom. The van der Waals surface area contributed by atoms with Crippen molar-refractivity contribution in [3.05, 3.63) is 69.0 Å². The molecule has 0 bridgehead atoms. The van der Waals surface area contributed by atoms with Crippen molar-refractivity contribution in [1.29, 1.82) is 0 Å². The fourth-order valence-corrected chi connectivity index (χ4v) is 4.91. The van der Waals surface area contributed by atoms with Crippen molar-refractivity contribution in [2.24, 2.45) is 0 Å². The zero-order valence-electron chi connectivity index (χ0n) is 19.5. The van der Waals surface area contributed by atoms with Crippen LogP contribution in [0.1, 0.15) is 29.7 Å². The summed E-state index contributed by atoms with van der Waals surface area (Å²) in [7, 11) is 3.12. The minimum absolute atomic E-state index is 0.119. The number of carbonyl (C=O) groups excluding carboxylic acids is 1. The van der Waals surface area contributed by atoms with E-state index in [4.69, 9.17) is 14.5 Å². The van der Waals surface area contributed by atoms with Crippen LogP contribution in [-0.2, 0) is 24.1 Å². The van der Waals surface area contributed by atoms with Gasteiger partial charge in [-0.3, -0.25) is 14.6 Å². The number of aromatic nitrogens is 4. The summed E-state index contributed by atoms with van der Waals surface area (Å²) in [5.41, 5.74) is 2.84. The summed E-state index contributed by atoms with van der Waals surface area (Å²) in [6, 6.07) is 11.0. The van der Waals surface area contributed by atoms with Gasteiger partial charge in [0.15, 0.2) is 11.5 Å². The first kappa shape index (κ1) is 22.9. The van der Waals surface area contributed by atoms with E-state index in [1.54, 1.807) is 43.8 Å². The molecule has 0 spiro atoms. The predicted octanol–water partition coefficient (Wildman–Crippen LogP) is 3.76. The fraction of sp³-hybridized carbons (Fsp3) is 0.280. The molecule has 0 saturated carbocycles. The Hall–Kier alpha value is -3.92. The number of ether oxygens (including phenoxy) is 2. The molecular formula is C25H25N5O4S. The van der Waals surface area contributed by atoms with Gasteiger partial charge in [0, 0.05) is 11.6 Å². The molecule has 0 aliphatic heterocycles. The summed E-state index contributed by atoms with van der Waals surface area (Å²) in [4.78, 5) is 34.2. The lowest BCUT2D eigenvalue weighted by Crippen LogP contribution is -2.25. The maximum absolute atomic E-state index is 13.0. The van der Waals surface area contributed by atoms with Crippen LogP contribution >= 0.6 is 11.3 Å². The number of aryl methyl sites for hydroxylation is 1. The molecule has 0 fully saturated rings. The third-order valence-electron chi connectivity index (χ3n) is 5.94. The average Bonchev–Trinajstić information content (AvgIpc) is 3.54. The quantitative estimate of drug-likeness (QED) is 0.407. The number of hydrogen-bond acceptors (Lipinski definition) is 7. The molecule has 1 aliphatic rings. The number of amides is 1. The van der Waals surface area contributed by atoms with Crippen LogP contribution in [0.3, 0.4) is 0 Å². The first-order valence-corrected chi connectivity index (χ1v) is 12.2. The fourth-order valence-electron chi connectivity index (χ4n) is 4.23. The zero-order chi connectivity index (χ0) is 24.4. The molecule has 5 rings (SSSR count). The number of nitrogens with one attached hydrogen (secondary N) is 2. The van der Waals surface area contributed by atoms with Crippen LogP contribution in [0.5, 0.6) is 11.5 Å². The number of aromatic amines is 1. The molecule has 0 saturated heterocycles. The monoisotopic (exact) mass is 491 g/mol. The second kappa shape index (κ2) is 9.75. The molecule has 0 unspecified atom stereocenters. The van der Waals surface area contributed by atoms with Crippen LogP contribution in [0.25, 0.3) is 16.5 Å². The van der Waals surface area contributed by atoms with Crippen LogP contribution in [0.4, 0.5) is 5.82 Å². The first-order chi connectivity index (χ1) is 17.1. The number of fused-ring (bicyclic) bond motifs is 1. The molecule has 2 N–H and O–H groups in total. The van der Waals surface area contributed by atoms with Crippen molar-refractivity contribution in [2.75, 3.05) is 19.5 Å². The van der Waals surface area contributed by atoms with E-state index in [0.29, 0.717) is 29.0 Å². The molecule has 1 aliphatic carbocycles. The normalized spacial score (nSPS) is 12.7. The summed E-state index contributed by atoms with van der Waals surface area (Å²) in [5, 5.41) is 9.56. The SMILES string of the molecule is COc1ccc(CC(=O)Nc2cc(-c3cccs3)nn2-c2nc3c(c(=O)[nH]2)CCCC3)cc1OC. The van der Waals surface area contributed by atoms with Crippen molar-refractivity contribution >= 4 is 23.1 Å². The summed E-state index contributed by atoms with van der Waals surface area (Å²) in [6.07, 6.45) is 3.59. The molecule has 4 aromatic rings. The highest BCUT2D eigenvalue weighted by Gasteiger charge is 2.20. The molecule has 10 heteroatoms. The molecule has 0 radical (unpaired) electrons. The van der Waals surface area contributed by atoms with E-state index in [1.165, 1.54) is 4.68 Å².